The lowest BCUT2D eigenvalue weighted by atomic mass is 10.0. The molecule has 0 unspecified atom stereocenters. The van der Waals surface area contributed by atoms with Gasteiger partial charge in [-0.1, -0.05) is 23.8 Å². The molecule has 4 rings (SSSR count). The highest BCUT2D eigenvalue weighted by molar-refractivity contribution is 7.92. The van der Waals surface area contributed by atoms with Crippen molar-refractivity contribution in [1.29, 1.82) is 0 Å². The van der Waals surface area contributed by atoms with Crippen molar-refractivity contribution in [3.63, 3.8) is 0 Å². The summed E-state index contributed by atoms with van der Waals surface area (Å²) in [5, 5.41) is 0. The summed E-state index contributed by atoms with van der Waals surface area (Å²) in [4.78, 5) is 0.388. The van der Waals surface area contributed by atoms with Crippen molar-refractivity contribution in [3.8, 4) is 5.75 Å². The van der Waals surface area contributed by atoms with Gasteiger partial charge in [0.25, 0.3) is 10.0 Å². The van der Waals surface area contributed by atoms with Crippen LogP contribution in [0, 0.1) is 13.8 Å². The number of sulfonamides is 2. The second-order valence-corrected chi connectivity index (χ2v) is 12.0. The van der Waals surface area contributed by atoms with Crippen molar-refractivity contribution in [2.24, 2.45) is 0 Å². The fraction of sp³-hybridized carbons (Fsp3) is 0.280. The first-order valence-corrected chi connectivity index (χ1v) is 14.0. The summed E-state index contributed by atoms with van der Waals surface area (Å²) >= 11 is 0. The van der Waals surface area contributed by atoms with Gasteiger partial charge in [-0.25, -0.2) is 16.8 Å². The van der Waals surface area contributed by atoms with E-state index in [0.29, 0.717) is 31.0 Å². The number of nitrogens with one attached hydrogen (secondary N) is 1. The summed E-state index contributed by atoms with van der Waals surface area (Å²) in [5.74, 6) is 0.644. The molecule has 0 radical (unpaired) electrons. The molecule has 0 aromatic heterocycles. The van der Waals surface area contributed by atoms with Crippen LogP contribution in [0.15, 0.2) is 70.5 Å². The van der Waals surface area contributed by atoms with E-state index in [1.165, 1.54) is 10.4 Å². The van der Waals surface area contributed by atoms with Gasteiger partial charge in [0, 0.05) is 18.8 Å². The molecule has 7 nitrogen and oxygen atoms in total. The Labute approximate surface area is 201 Å². The summed E-state index contributed by atoms with van der Waals surface area (Å²) in [5.41, 5.74) is 3.90. The zero-order valence-corrected chi connectivity index (χ0v) is 21.0. The fourth-order valence-electron chi connectivity index (χ4n) is 3.98. The molecule has 0 atom stereocenters. The molecule has 1 heterocycles. The van der Waals surface area contributed by atoms with E-state index in [1.807, 2.05) is 19.9 Å². The Bertz CT molecular complexity index is 1420. The average Bonchev–Trinajstić information content (AvgIpc) is 2.80. The lowest BCUT2D eigenvalue weighted by Gasteiger charge is -2.28. The van der Waals surface area contributed by atoms with Crippen molar-refractivity contribution >= 4 is 25.7 Å². The van der Waals surface area contributed by atoms with Crippen LogP contribution in [0.4, 0.5) is 5.69 Å². The molecule has 0 saturated heterocycles. The smallest absolute Gasteiger partial charge is 0.261 e. The van der Waals surface area contributed by atoms with Gasteiger partial charge in [-0.15, -0.1) is 0 Å². The molecular weight excluding hydrogens is 472 g/mol. The number of aryl methyl sites for hydroxylation is 2. The molecule has 34 heavy (non-hydrogen) atoms. The van der Waals surface area contributed by atoms with Crippen LogP contribution in [0.25, 0.3) is 0 Å². The quantitative estimate of drug-likeness (QED) is 0.524. The minimum atomic E-state index is -3.82. The largest absolute Gasteiger partial charge is 0.494 e. The zero-order chi connectivity index (χ0) is 24.5. The van der Waals surface area contributed by atoms with Gasteiger partial charge in [0.1, 0.15) is 5.75 Å². The lowest BCUT2D eigenvalue weighted by Crippen LogP contribution is -2.36. The molecule has 180 valence electrons. The minimum absolute atomic E-state index is 0.134. The standard InChI is InChI=1S/C25H28N2O5S2/c1-4-32-25-12-11-24(15-19(25)3)33(28,29)26-22-8-7-20-13-14-27(17-21(20)16-22)34(30,31)23-9-5-18(2)6-10-23/h5-12,15-16,26H,4,13-14,17H2,1-3H3. The van der Waals surface area contributed by atoms with Crippen LogP contribution in [0.5, 0.6) is 5.75 Å². The molecule has 0 spiro atoms. The van der Waals surface area contributed by atoms with Crippen LogP contribution in [0.3, 0.4) is 0 Å². The van der Waals surface area contributed by atoms with E-state index in [-0.39, 0.29) is 16.3 Å². The Morgan fingerprint density at radius 1 is 0.882 bits per heavy atom. The maximum atomic E-state index is 13.1. The van der Waals surface area contributed by atoms with Gasteiger partial charge >= 0.3 is 0 Å². The number of ether oxygens (including phenoxy) is 1. The highest BCUT2D eigenvalue weighted by Crippen LogP contribution is 2.29. The molecule has 3 aromatic rings. The Morgan fingerprint density at radius 3 is 2.26 bits per heavy atom. The fourth-order valence-corrected chi connectivity index (χ4v) is 6.53. The van der Waals surface area contributed by atoms with Crippen molar-refractivity contribution < 1.29 is 21.6 Å². The third-order valence-corrected chi connectivity index (χ3v) is 9.09. The zero-order valence-electron chi connectivity index (χ0n) is 19.4. The van der Waals surface area contributed by atoms with Crippen molar-refractivity contribution in [2.75, 3.05) is 17.9 Å². The molecule has 0 saturated carbocycles. The maximum Gasteiger partial charge on any atom is 0.261 e. The summed E-state index contributed by atoms with van der Waals surface area (Å²) in [6.45, 7) is 6.63. The van der Waals surface area contributed by atoms with Crippen molar-refractivity contribution in [3.05, 3.63) is 82.9 Å². The highest BCUT2D eigenvalue weighted by Gasteiger charge is 2.28. The van der Waals surface area contributed by atoms with E-state index in [1.54, 1.807) is 55.5 Å². The third kappa shape index (κ3) is 4.96. The van der Waals surface area contributed by atoms with E-state index >= 15 is 0 Å². The normalized spacial score (nSPS) is 14.4. The van der Waals surface area contributed by atoms with Gasteiger partial charge in [0.05, 0.1) is 16.4 Å². The first-order chi connectivity index (χ1) is 16.1. The van der Waals surface area contributed by atoms with Crippen LogP contribution >= 0.6 is 0 Å². The number of hydrogen-bond donors (Lipinski definition) is 1. The molecular formula is C25H28N2O5S2. The molecule has 0 bridgehead atoms. The molecule has 9 heteroatoms. The Hall–Kier alpha value is -2.88. The number of rotatable bonds is 7. The number of benzene rings is 3. The molecule has 1 N–H and O–H groups in total. The Balaban J connectivity index is 1.56. The lowest BCUT2D eigenvalue weighted by molar-refractivity contribution is 0.337. The van der Waals surface area contributed by atoms with Crippen molar-refractivity contribution in [2.45, 2.75) is 43.5 Å². The van der Waals surface area contributed by atoms with Crippen LogP contribution in [0.1, 0.15) is 29.2 Å². The molecule has 3 aromatic carbocycles. The van der Waals surface area contributed by atoms with E-state index in [2.05, 4.69) is 4.72 Å². The number of fused-ring (bicyclic) bond motifs is 1. The third-order valence-electron chi connectivity index (χ3n) is 5.85. The summed E-state index contributed by atoms with van der Waals surface area (Å²) in [7, 11) is -7.46. The Morgan fingerprint density at radius 2 is 1.59 bits per heavy atom. The molecule has 1 aliphatic rings. The molecule has 0 fully saturated rings. The maximum absolute atomic E-state index is 13.1. The van der Waals surface area contributed by atoms with E-state index < -0.39 is 20.0 Å². The topological polar surface area (TPSA) is 92.8 Å². The monoisotopic (exact) mass is 500 g/mol. The van der Waals surface area contributed by atoms with E-state index in [4.69, 9.17) is 4.74 Å². The van der Waals surface area contributed by atoms with Crippen LogP contribution < -0.4 is 9.46 Å². The minimum Gasteiger partial charge on any atom is -0.494 e. The second-order valence-electron chi connectivity index (χ2n) is 8.35. The van der Waals surface area contributed by atoms with Gasteiger partial charge < -0.3 is 4.74 Å². The summed E-state index contributed by atoms with van der Waals surface area (Å²) < 4.78 is 61.7. The molecule has 0 amide bonds. The van der Waals surface area contributed by atoms with Crippen molar-refractivity contribution in [1.82, 2.24) is 4.31 Å². The average molecular weight is 501 g/mol. The number of hydrogen-bond acceptors (Lipinski definition) is 5. The first-order valence-electron chi connectivity index (χ1n) is 11.0. The van der Waals surface area contributed by atoms with E-state index in [9.17, 15) is 16.8 Å². The highest BCUT2D eigenvalue weighted by atomic mass is 32.2. The molecule has 1 aliphatic heterocycles. The van der Waals surface area contributed by atoms with Gasteiger partial charge in [-0.05, 0) is 86.3 Å². The van der Waals surface area contributed by atoms with Gasteiger partial charge in [-0.2, -0.15) is 4.31 Å². The summed E-state index contributed by atoms with van der Waals surface area (Å²) in [6, 6.07) is 16.8. The van der Waals surface area contributed by atoms with Gasteiger partial charge in [-0.3, -0.25) is 4.72 Å². The predicted octanol–water partition coefficient (Wildman–Crippen LogP) is 4.25. The van der Waals surface area contributed by atoms with Crippen LogP contribution in [0.2, 0.25) is 0 Å². The number of anilines is 1. The van der Waals surface area contributed by atoms with Crippen LogP contribution in [-0.4, -0.2) is 34.3 Å². The van der Waals surface area contributed by atoms with Gasteiger partial charge in [0.2, 0.25) is 10.0 Å². The van der Waals surface area contributed by atoms with Crippen LogP contribution in [-0.2, 0) is 33.0 Å². The Kier molecular flexibility index (Phi) is 6.71. The van der Waals surface area contributed by atoms with Gasteiger partial charge in [0.15, 0.2) is 0 Å². The SMILES string of the molecule is CCOc1ccc(S(=O)(=O)Nc2ccc3c(c2)CN(S(=O)(=O)c2ccc(C)cc2)CC3)cc1C. The van der Waals surface area contributed by atoms with E-state index in [0.717, 1.165) is 22.3 Å². The molecule has 0 aliphatic carbocycles. The second kappa shape index (κ2) is 9.40. The predicted molar refractivity (Wildman–Crippen MR) is 132 cm³/mol. The summed E-state index contributed by atoms with van der Waals surface area (Å²) in [6.07, 6.45) is 0.561. The first kappa shape index (κ1) is 24.3. The number of nitrogens with zero attached hydrogens (tertiary/aromatic N) is 1.